The molecule has 0 aromatic rings. The van der Waals surface area contributed by atoms with Gasteiger partial charge in [-0.1, -0.05) is 0 Å². The number of hydrogen-bond acceptors (Lipinski definition) is 6. The van der Waals surface area contributed by atoms with Gasteiger partial charge in [0.15, 0.2) is 0 Å². The molecule has 1 atom stereocenters. The molecule has 6 nitrogen and oxygen atoms in total. The SMILES string of the molecule is CS(=O)(=O)CCC(S)C(=O)NCCN1CCOCC1. The lowest BCUT2D eigenvalue weighted by atomic mass is 10.3. The van der Waals surface area contributed by atoms with Crippen LogP contribution < -0.4 is 5.32 Å². The lowest BCUT2D eigenvalue weighted by molar-refractivity contribution is -0.120. The van der Waals surface area contributed by atoms with Crippen LogP contribution in [-0.2, 0) is 19.4 Å². The smallest absolute Gasteiger partial charge is 0.232 e. The minimum Gasteiger partial charge on any atom is -0.379 e. The first-order valence-corrected chi connectivity index (χ1v) is 8.90. The van der Waals surface area contributed by atoms with Crippen molar-refractivity contribution in [2.24, 2.45) is 0 Å². The van der Waals surface area contributed by atoms with Crippen molar-refractivity contribution >= 4 is 28.4 Å². The third-order valence-electron chi connectivity index (χ3n) is 2.90. The lowest BCUT2D eigenvalue weighted by Gasteiger charge is -2.26. The summed E-state index contributed by atoms with van der Waals surface area (Å²) >= 11 is 4.13. The summed E-state index contributed by atoms with van der Waals surface area (Å²) in [5.41, 5.74) is 0. The summed E-state index contributed by atoms with van der Waals surface area (Å²) in [6, 6.07) is 0. The third kappa shape index (κ3) is 7.76. The molecular weight excluding hydrogens is 288 g/mol. The van der Waals surface area contributed by atoms with Gasteiger partial charge in [-0.05, 0) is 6.42 Å². The number of rotatable bonds is 7. The van der Waals surface area contributed by atoms with E-state index in [1.54, 1.807) is 0 Å². The van der Waals surface area contributed by atoms with Crippen molar-refractivity contribution < 1.29 is 17.9 Å². The molecule has 1 heterocycles. The maximum atomic E-state index is 11.7. The molecule has 112 valence electrons. The van der Waals surface area contributed by atoms with Crippen LogP contribution >= 0.6 is 12.6 Å². The van der Waals surface area contributed by atoms with Gasteiger partial charge < -0.3 is 10.1 Å². The Morgan fingerprint density at radius 2 is 2.05 bits per heavy atom. The lowest BCUT2D eigenvalue weighted by Crippen LogP contribution is -2.42. The zero-order valence-corrected chi connectivity index (χ0v) is 12.9. The molecule has 1 aliphatic rings. The van der Waals surface area contributed by atoms with E-state index in [0.717, 1.165) is 39.1 Å². The zero-order chi connectivity index (χ0) is 14.3. The number of sulfone groups is 1. The van der Waals surface area contributed by atoms with Gasteiger partial charge in [-0.2, -0.15) is 12.6 Å². The summed E-state index contributed by atoms with van der Waals surface area (Å²) in [4.78, 5) is 13.9. The Bertz CT molecular complexity index is 380. The predicted molar refractivity (Wildman–Crippen MR) is 77.4 cm³/mol. The standard InChI is InChI=1S/C11H22N2O4S2/c1-19(15,16)9-2-10(18)11(14)12-3-4-13-5-7-17-8-6-13/h10,18H,2-9H2,1H3,(H,12,14). The topological polar surface area (TPSA) is 75.7 Å². The van der Waals surface area contributed by atoms with Gasteiger partial charge in [0.2, 0.25) is 5.91 Å². The van der Waals surface area contributed by atoms with Gasteiger partial charge >= 0.3 is 0 Å². The van der Waals surface area contributed by atoms with Crippen molar-refractivity contribution in [3.63, 3.8) is 0 Å². The predicted octanol–water partition coefficient (Wildman–Crippen LogP) is -0.832. The highest BCUT2D eigenvalue weighted by Crippen LogP contribution is 2.03. The van der Waals surface area contributed by atoms with E-state index in [-0.39, 0.29) is 18.1 Å². The Morgan fingerprint density at radius 1 is 1.42 bits per heavy atom. The summed E-state index contributed by atoms with van der Waals surface area (Å²) in [6.07, 6.45) is 1.40. The summed E-state index contributed by atoms with van der Waals surface area (Å²) in [5.74, 6) is -0.224. The van der Waals surface area contributed by atoms with Crippen LogP contribution in [0.5, 0.6) is 0 Å². The second-order valence-corrected chi connectivity index (χ2v) is 7.56. The van der Waals surface area contributed by atoms with Crippen LogP contribution in [0.15, 0.2) is 0 Å². The average molecular weight is 310 g/mol. The van der Waals surface area contributed by atoms with Gasteiger partial charge in [-0.15, -0.1) is 0 Å². The number of nitrogens with one attached hydrogen (secondary N) is 1. The van der Waals surface area contributed by atoms with E-state index in [1.165, 1.54) is 0 Å². The molecule has 19 heavy (non-hydrogen) atoms. The molecule has 0 aromatic carbocycles. The second kappa shape index (κ2) is 8.08. The molecule has 1 rings (SSSR count). The highest BCUT2D eigenvalue weighted by atomic mass is 32.2. The number of amides is 1. The first-order chi connectivity index (χ1) is 8.88. The van der Waals surface area contributed by atoms with Crippen LogP contribution in [0.2, 0.25) is 0 Å². The molecule has 0 aliphatic carbocycles. The number of morpholine rings is 1. The molecule has 0 bridgehead atoms. The summed E-state index contributed by atoms with van der Waals surface area (Å²) in [7, 11) is -3.04. The molecule has 1 unspecified atom stereocenters. The summed E-state index contributed by atoms with van der Waals surface area (Å²) in [5, 5.41) is 2.20. The molecule has 1 amide bonds. The van der Waals surface area contributed by atoms with Crippen molar-refractivity contribution in [3.8, 4) is 0 Å². The van der Waals surface area contributed by atoms with Gasteiger partial charge in [0, 0.05) is 32.4 Å². The Morgan fingerprint density at radius 3 is 2.63 bits per heavy atom. The van der Waals surface area contributed by atoms with Gasteiger partial charge in [-0.25, -0.2) is 8.42 Å². The Kier molecular flexibility index (Phi) is 7.12. The first-order valence-electron chi connectivity index (χ1n) is 6.32. The van der Waals surface area contributed by atoms with E-state index in [2.05, 4.69) is 22.8 Å². The van der Waals surface area contributed by atoms with E-state index in [0.29, 0.717) is 6.54 Å². The normalized spacial score (nSPS) is 19.1. The van der Waals surface area contributed by atoms with Crippen molar-refractivity contribution in [1.82, 2.24) is 10.2 Å². The van der Waals surface area contributed by atoms with Crippen LogP contribution in [0.3, 0.4) is 0 Å². The van der Waals surface area contributed by atoms with Gasteiger partial charge in [0.25, 0.3) is 0 Å². The van der Waals surface area contributed by atoms with Gasteiger partial charge in [0.1, 0.15) is 9.84 Å². The fraction of sp³-hybridized carbons (Fsp3) is 0.909. The number of nitrogens with zero attached hydrogens (tertiary/aromatic N) is 1. The molecule has 0 radical (unpaired) electrons. The molecule has 1 aliphatic heterocycles. The highest BCUT2D eigenvalue weighted by molar-refractivity contribution is 7.90. The van der Waals surface area contributed by atoms with E-state index in [1.807, 2.05) is 0 Å². The maximum absolute atomic E-state index is 11.7. The monoisotopic (exact) mass is 310 g/mol. The first kappa shape index (κ1) is 16.7. The van der Waals surface area contributed by atoms with Crippen LogP contribution in [0.25, 0.3) is 0 Å². The van der Waals surface area contributed by atoms with E-state index in [4.69, 9.17) is 4.74 Å². The Labute approximate surface area is 120 Å². The fourth-order valence-electron chi connectivity index (χ4n) is 1.74. The maximum Gasteiger partial charge on any atom is 0.232 e. The second-order valence-electron chi connectivity index (χ2n) is 4.68. The highest BCUT2D eigenvalue weighted by Gasteiger charge is 2.16. The number of carbonyl (C=O) groups excluding carboxylic acids is 1. The average Bonchev–Trinajstić information content (AvgIpc) is 2.36. The molecule has 0 spiro atoms. The van der Waals surface area contributed by atoms with Crippen LogP contribution in [0, 0.1) is 0 Å². The van der Waals surface area contributed by atoms with Crippen molar-refractivity contribution in [1.29, 1.82) is 0 Å². The zero-order valence-electron chi connectivity index (χ0n) is 11.2. The molecule has 1 saturated heterocycles. The van der Waals surface area contributed by atoms with Crippen molar-refractivity contribution in [3.05, 3.63) is 0 Å². The number of carbonyl (C=O) groups is 1. The van der Waals surface area contributed by atoms with E-state index < -0.39 is 15.1 Å². The fourth-order valence-corrected chi connectivity index (χ4v) is 2.80. The minimum atomic E-state index is -3.04. The quantitative estimate of drug-likeness (QED) is 0.600. The van der Waals surface area contributed by atoms with Crippen LogP contribution in [0.4, 0.5) is 0 Å². The molecular formula is C11H22N2O4S2. The third-order valence-corrected chi connectivity index (χ3v) is 4.37. The molecule has 1 fully saturated rings. The summed E-state index contributed by atoms with van der Waals surface area (Å²) in [6.45, 7) is 4.56. The minimum absolute atomic E-state index is 0.0158. The van der Waals surface area contributed by atoms with E-state index >= 15 is 0 Å². The van der Waals surface area contributed by atoms with Crippen LogP contribution in [-0.4, -0.2) is 75.9 Å². The van der Waals surface area contributed by atoms with Crippen molar-refractivity contribution in [2.45, 2.75) is 11.7 Å². The van der Waals surface area contributed by atoms with Crippen LogP contribution in [0.1, 0.15) is 6.42 Å². The molecule has 0 saturated carbocycles. The molecule has 1 N–H and O–H groups in total. The number of ether oxygens (including phenoxy) is 1. The molecule has 0 aromatic heterocycles. The molecule has 8 heteroatoms. The largest absolute Gasteiger partial charge is 0.379 e. The van der Waals surface area contributed by atoms with Gasteiger partial charge in [-0.3, -0.25) is 9.69 Å². The Balaban J connectivity index is 2.15. The number of thiol groups is 1. The van der Waals surface area contributed by atoms with Crippen molar-refractivity contribution in [2.75, 3.05) is 51.4 Å². The van der Waals surface area contributed by atoms with E-state index in [9.17, 15) is 13.2 Å². The Hall–Kier alpha value is -0.310. The summed E-state index contributed by atoms with van der Waals surface area (Å²) < 4.78 is 27.2. The van der Waals surface area contributed by atoms with Gasteiger partial charge in [0.05, 0.1) is 24.2 Å². The number of hydrogen-bond donors (Lipinski definition) is 2.